The lowest BCUT2D eigenvalue weighted by molar-refractivity contribution is 0.0193. The average molecular weight is 763 g/mol. The maximum absolute atomic E-state index is 15.2. The van der Waals surface area contributed by atoms with Crippen LogP contribution in [0.5, 0.6) is 23.0 Å². The molecule has 1 atom stereocenters. The largest absolute Gasteiger partial charge is 0.508 e. The lowest BCUT2D eigenvalue weighted by atomic mass is 9.92. The normalized spacial score (nSPS) is 17.5. The highest BCUT2D eigenvalue weighted by molar-refractivity contribution is 6.13. The molecule has 55 heavy (non-hydrogen) atoms. The number of ether oxygens (including phenoxy) is 3. The molecule has 1 aromatic heterocycles. The first-order valence-corrected chi connectivity index (χ1v) is 18.7. The summed E-state index contributed by atoms with van der Waals surface area (Å²) in [6.07, 6.45) is 3.30. The fraction of sp³-hybridized carbons (Fsp3) is 0.302. The molecule has 0 saturated carbocycles. The minimum atomic E-state index is -0.255. The first-order chi connectivity index (χ1) is 26.4. The standard InChI is InChI=1S/C43H42N4O7.ClH/c48-33-12-8-30(9-13-33)47(31-10-14-34(49)15-11-31)43(51)37-22-39(45-16-4-3-7-38(37)45)35-23-40-41(54-27-53-40)24-36(35)42(50)46-25-29-6-2-1-5-28(29)21-32(46)26-44-17-19-52-20-18-44;/h1-2,5-6,8-15,22-24,32,48-49H,3-4,7,16-21,25-27H2;1H/t32-;/m0./s1. The molecule has 2 amide bonds. The number of nitrogens with zero attached hydrogens (tertiary/aromatic N) is 4. The van der Waals surface area contributed by atoms with Gasteiger partial charge in [-0.1, -0.05) is 24.3 Å². The number of amides is 2. The molecule has 0 radical (unpaired) electrons. The summed E-state index contributed by atoms with van der Waals surface area (Å²) in [7, 11) is 0. The van der Waals surface area contributed by atoms with Gasteiger partial charge in [0.15, 0.2) is 11.5 Å². The van der Waals surface area contributed by atoms with Crippen molar-refractivity contribution in [1.29, 1.82) is 0 Å². The van der Waals surface area contributed by atoms with Gasteiger partial charge >= 0.3 is 0 Å². The Morgan fingerprint density at radius 3 is 2.11 bits per heavy atom. The Morgan fingerprint density at radius 1 is 0.764 bits per heavy atom. The molecule has 2 N–H and O–H groups in total. The summed E-state index contributed by atoms with van der Waals surface area (Å²) in [5.74, 6) is 0.913. The van der Waals surface area contributed by atoms with Crippen LogP contribution in [0.3, 0.4) is 0 Å². The first kappa shape index (κ1) is 36.5. The highest BCUT2D eigenvalue weighted by Gasteiger charge is 2.36. The van der Waals surface area contributed by atoms with Gasteiger partial charge in [0.2, 0.25) is 6.79 Å². The van der Waals surface area contributed by atoms with Gasteiger partial charge in [0.1, 0.15) is 11.5 Å². The van der Waals surface area contributed by atoms with Crippen LogP contribution in [-0.4, -0.2) is 82.1 Å². The Kier molecular flexibility index (Phi) is 10.2. The zero-order chi connectivity index (χ0) is 36.8. The van der Waals surface area contributed by atoms with E-state index in [-0.39, 0.29) is 48.6 Å². The summed E-state index contributed by atoms with van der Waals surface area (Å²) in [4.78, 5) is 36.0. The molecule has 4 aliphatic rings. The second-order valence-corrected chi connectivity index (χ2v) is 14.4. The van der Waals surface area contributed by atoms with Crippen molar-refractivity contribution in [3.8, 4) is 34.3 Å². The second-order valence-electron chi connectivity index (χ2n) is 14.4. The summed E-state index contributed by atoms with van der Waals surface area (Å²) in [6.45, 7) is 5.00. The van der Waals surface area contributed by atoms with E-state index in [1.807, 2.05) is 29.2 Å². The number of benzene rings is 4. The molecule has 0 aliphatic carbocycles. The first-order valence-electron chi connectivity index (χ1n) is 18.7. The van der Waals surface area contributed by atoms with Crippen molar-refractivity contribution in [3.05, 3.63) is 119 Å². The number of phenolic OH excluding ortho intramolecular Hbond substituents is 2. The van der Waals surface area contributed by atoms with E-state index in [4.69, 9.17) is 14.2 Å². The van der Waals surface area contributed by atoms with Crippen LogP contribution >= 0.6 is 12.4 Å². The molecule has 4 aliphatic heterocycles. The summed E-state index contributed by atoms with van der Waals surface area (Å²) >= 11 is 0. The van der Waals surface area contributed by atoms with Crippen molar-refractivity contribution >= 4 is 35.6 Å². The minimum absolute atomic E-state index is 0. The number of phenols is 2. The SMILES string of the molecule is Cl.O=C(c1cc(-c2cc3c(cc2C(=O)N2Cc4ccccc4C[C@H]2CN2CCOCC2)OCO3)n2c1CCCC2)N(c1ccc(O)cc1)c1ccc(O)cc1. The van der Waals surface area contributed by atoms with E-state index in [1.165, 1.54) is 5.56 Å². The summed E-state index contributed by atoms with van der Waals surface area (Å²) in [6, 6.07) is 26.9. The molecular formula is C43H43ClN4O7. The molecule has 284 valence electrons. The van der Waals surface area contributed by atoms with Crippen molar-refractivity contribution < 1.29 is 34.0 Å². The molecule has 0 unspecified atom stereocenters. The highest BCUT2D eigenvalue weighted by Crippen LogP contribution is 2.43. The summed E-state index contributed by atoms with van der Waals surface area (Å²) in [5, 5.41) is 20.1. The van der Waals surface area contributed by atoms with E-state index in [0.29, 0.717) is 72.3 Å². The number of hydrogen-bond donors (Lipinski definition) is 2. The number of hydrogen-bond acceptors (Lipinski definition) is 8. The van der Waals surface area contributed by atoms with Crippen molar-refractivity contribution in [1.82, 2.24) is 14.4 Å². The van der Waals surface area contributed by atoms with Gasteiger partial charge in [0.05, 0.1) is 24.3 Å². The predicted octanol–water partition coefficient (Wildman–Crippen LogP) is 6.93. The minimum Gasteiger partial charge on any atom is -0.508 e. The molecule has 0 bridgehead atoms. The number of aromatic nitrogens is 1. The number of carbonyl (C=O) groups excluding carboxylic acids is 2. The van der Waals surface area contributed by atoms with Crippen molar-refractivity contribution in [2.45, 2.75) is 44.8 Å². The zero-order valence-electron chi connectivity index (χ0n) is 30.4. The van der Waals surface area contributed by atoms with Gasteiger partial charge in [-0.15, -0.1) is 12.4 Å². The lowest BCUT2D eigenvalue weighted by Gasteiger charge is -2.40. The van der Waals surface area contributed by atoms with Crippen molar-refractivity contribution in [2.24, 2.45) is 0 Å². The predicted molar refractivity (Wildman–Crippen MR) is 210 cm³/mol. The van der Waals surface area contributed by atoms with Gasteiger partial charge < -0.3 is 33.9 Å². The van der Waals surface area contributed by atoms with E-state index in [9.17, 15) is 15.0 Å². The zero-order valence-corrected chi connectivity index (χ0v) is 31.2. The molecule has 11 nitrogen and oxygen atoms in total. The summed E-state index contributed by atoms with van der Waals surface area (Å²) in [5.41, 5.74) is 6.93. The fourth-order valence-electron chi connectivity index (χ4n) is 8.35. The Labute approximate surface area is 325 Å². The lowest BCUT2D eigenvalue weighted by Crippen LogP contribution is -2.52. The Bertz CT molecular complexity index is 2170. The number of fused-ring (bicyclic) bond motifs is 3. The third-order valence-corrected chi connectivity index (χ3v) is 11.1. The molecule has 5 heterocycles. The van der Waals surface area contributed by atoms with Gasteiger partial charge in [-0.05, 0) is 104 Å². The monoisotopic (exact) mass is 762 g/mol. The van der Waals surface area contributed by atoms with Gasteiger partial charge in [-0.2, -0.15) is 0 Å². The van der Waals surface area contributed by atoms with Gasteiger partial charge in [0.25, 0.3) is 11.8 Å². The van der Waals surface area contributed by atoms with Crippen LogP contribution in [0.2, 0.25) is 0 Å². The van der Waals surface area contributed by atoms with Crippen LogP contribution in [0, 0.1) is 0 Å². The van der Waals surface area contributed by atoms with Crippen LogP contribution in [0.1, 0.15) is 50.4 Å². The van der Waals surface area contributed by atoms with Gasteiger partial charge in [-0.25, -0.2) is 0 Å². The molecule has 9 rings (SSSR count). The molecule has 4 aromatic carbocycles. The smallest absolute Gasteiger partial charge is 0.264 e. The van der Waals surface area contributed by atoms with E-state index < -0.39 is 0 Å². The number of aromatic hydroxyl groups is 2. The second kappa shape index (κ2) is 15.3. The Balaban J connectivity index is 0.00000427. The van der Waals surface area contributed by atoms with E-state index in [2.05, 4.69) is 27.7 Å². The topological polar surface area (TPSA) is 117 Å². The molecule has 1 saturated heterocycles. The van der Waals surface area contributed by atoms with Crippen LogP contribution in [-0.2, 0) is 30.7 Å². The Hall–Kier alpha value is -5.49. The third-order valence-electron chi connectivity index (χ3n) is 11.1. The highest BCUT2D eigenvalue weighted by atomic mass is 35.5. The van der Waals surface area contributed by atoms with Crippen LogP contribution in [0.4, 0.5) is 11.4 Å². The van der Waals surface area contributed by atoms with Crippen molar-refractivity contribution in [3.63, 3.8) is 0 Å². The van der Waals surface area contributed by atoms with E-state index >= 15 is 4.79 Å². The van der Waals surface area contributed by atoms with Crippen LogP contribution < -0.4 is 14.4 Å². The maximum Gasteiger partial charge on any atom is 0.264 e. The summed E-state index contributed by atoms with van der Waals surface area (Å²) < 4.78 is 19.6. The van der Waals surface area contributed by atoms with Gasteiger partial charge in [0, 0.05) is 67.1 Å². The van der Waals surface area contributed by atoms with E-state index in [0.717, 1.165) is 55.8 Å². The molecule has 5 aromatic rings. The van der Waals surface area contributed by atoms with Crippen LogP contribution in [0.15, 0.2) is 91.0 Å². The molecule has 12 heteroatoms. The molecule has 0 spiro atoms. The van der Waals surface area contributed by atoms with Crippen molar-refractivity contribution in [2.75, 3.05) is 44.5 Å². The van der Waals surface area contributed by atoms with Crippen LogP contribution in [0.25, 0.3) is 11.3 Å². The van der Waals surface area contributed by atoms with E-state index in [1.54, 1.807) is 53.4 Å². The number of carbonyl (C=O) groups is 2. The Morgan fingerprint density at radius 2 is 1.42 bits per heavy atom. The molecular weight excluding hydrogens is 720 g/mol. The number of morpholine rings is 1. The number of anilines is 2. The number of rotatable bonds is 7. The third kappa shape index (κ3) is 6.99. The molecule has 1 fully saturated rings. The maximum atomic E-state index is 15.2. The number of halogens is 1. The average Bonchev–Trinajstić information content (AvgIpc) is 3.83. The quantitative estimate of drug-likeness (QED) is 0.184. The van der Waals surface area contributed by atoms with Gasteiger partial charge in [-0.3, -0.25) is 19.4 Å². The fourth-order valence-corrected chi connectivity index (χ4v) is 8.35.